The molecule has 1 aromatic heterocycles. The molecule has 2 heterocycles. The van der Waals surface area contributed by atoms with Crippen molar-refractivity contribution in [2.45, 2.75) is 19.1 Å². The van der Waals surface area contributed by atoms with Crippen molar-refractivity contribution in [3.05, 3.63) is 22.4 Å². The van der Waals surface area contributed by atoms with Gasteiger partial charge in [-0.3, -0.25) is 4.79 Å². The van der Waals surface area contributed by atoms with E-state index in [1.807, 2.05) is 24.4 Å². The van der Waals surface area contributed by atoms with Crippen molar-refractivity contribution in [1.82, 2.24) is 5.32 Å². The highest BCUT2D eigenvalue weighted by atomic mass is 32.1. The first-order chi connectivity index (χ1) is 7.77. The molecular weight excluding hydrogens is 226 g/mol. The molecule has 1 amide bonds. The minimum absolute atomic E-state index is 0.0260. The van der Waals surface area contributed by atoms with Crippen molar-refractivity contribution >= 4 is 17.2 Å². The fourth-order valence-corrected chi connectivity index (χ4v) is 2.29. The van der Waals surface area contributed by atoms with E-state index in [2.05, 4.69) is 5.32 Å². The maximum absolute atomic E-state index is 11.8. The van der Waals surface area contributed by atoms with Gasteiger partial charge < -0.3 is 14.8 Å². The molecule has 16 heavy (non-hydrogen) atoms. The first-order valence-corrected chi connectivity index (χ1v) is 6.18. The number of carbonyl (C=O) groups is 1. The van der Waals surface area contributed by atoms with Gasteiger partial charge in [-0.2, -0.15) is 0 Å². The summed E-state index contributed by atoms with van der Waals surface area (Å²) in [6.45, 7) is 3.38. The van der Waals surface area contributed by atoms with Gasteiger partial charge in [0.05, 0.1) is 25.9 Å². The molecule has 1 aliphatic heterocycles. The number of rotatable bonds is 3. The van der Waals surface area contributed by atoms with Gasteiger partial charge in [-0.15, -0.1) is 11.3 Å². The van der Waals surface area contributed by atoms with Crippen LogP contribution in [0.4, 0.5) is 0 Å². The Morgan fingerprint density at radius 2 is 2.50 bits per heavy atom. The summed E-state index contributed by atoms with van der Waals surface area (Å²) < 4.78 is 10.5. The number of nitrogens with one attached hydrogen (secondary N) is 1. The summed E-state index contributed by atoms with van der Waals surface area (Å²) in [5.41, 5.74) is 0. The van der Waals surface area contributed by atoms with Crippen LogP contribution in [0.1, 0.15) is 17.8 Å². The van der Waals surface area contributed by atoms with Gasteiger partial charge in [-0.05, 0) is 18.4 Å². The Labute approximate surface area is 98.6 Å². The predicted octanol–water partition coefficient (Wildman–Crippen LogP) is 1.34. The van der Waals surface area contributed by atoms with Gasteiger partial charge in [0.25, 0.3) is 5.91 Å². The van der Waals surface area contributed by atoms with Crippen molar-refractivity contribution in [3.8, 4) is 0 Å². The second kappa shape index (κ2) is 5.43. The summed E-state index contributed by atoms with van der Waals surface area (Å²) >= 11 is 1.63. The van der Waals surface area contributed by atoms with Crippen LogP contribution in [-0.4, -0.2) is 31.8 Å². The van der Waals surface area contributed by atoms with Crippen LogP contribution < -0.4 is 5.32 Å². The first-order valence-electron chi connectivity index (χ1n) is 5.30. The second-order valence-corrected chi connectivity index (χ2v) is 4.66. The van der Waals surface area contributed by atoms with Crippen LogP contribution in [0.3, 0.4) is 0 Å². The smallest absolute Gasteiger partial charge is 0.252 e. The molecule has 0 aliphatic carbocycles. The van der Waals surface area contributed by atoms with E-state index in [1.54, 1.807) is 11.3 Å². The van der Waals surface area contributed by atoms with Gasteiger partial charge in [0.2, 0.25) is 0 Å². The molecule has 2 atom stereocenters. The van der Waals surface area contributed by atoms with E-state index in [4.69, 9.17) is 9.47 Å². The third-order valence-electron chi connectivity index (χ3n) is 2.44. The van der Waals surface area contributed by atoms with Crippen molar-refractivity contribution in [2.24, 2.45) is 0 Å². The number of hydrogen-bond acceptors (Lipinski definition) is 4. The van der Waals surface area contributed by atoms with E-state index < -0.39 is 6.10 Å². The van der Waals surface area contributed by atoms with Gasteiger partial charge in [0.1, 0.15) is 0 Å². The average Bonchev–Trinajstić information content (AvgIpc) is 2.83. The Hall–Kier alpha value is -0.910. The zero-order valence-corrected chi connectivity index (χ0v) is 9.96. The average molecular weight is 241 g/mol. The fourth-order valence-electron chi connectivity index (χ4n) is 1.55. The Bertz CT molecular complexity index is 333. The number of amides is 1. The summed E-state index contributed by atoms with van der Waals surface area (Å²) in [6, 6.07) is 4.01. The topological polar surface area (TPSA) is 47.6 Å². The van der Waals surface area contributed by atoms with Crippen LogP contribution >= 0.6 is 11.3 Å². The summed E-state index contributed by atoms with van der Waals surface area (Å²) in [6.07, 6.45) is -0.462. The lowest BCUT2D eigenvalue weighted by Crippen LogP contribution is -2.43. The van der Waals surface area contributed by atoms with Crippen molar-refractivity contribution < 1.29 is 14.3 Å². The lowest BCUT2D eigenvalue weighted by atomic mass is 10.2. The maximum atomic E-state index is 11.8. The normalized spacial score (nSPS) is 22.7. The highest BCUT2D eigenvalue weighted by Crippen LogP contribution is 2.18. The number of carbonyl (C=O) groups excluding carboxylic acids is 1. The van der Waals surface area contributed by atoms with Crippen LogP contribution in [0.2, 0.25) is 0 Å². The Morgan fingerprint density at radius 3 is 3.12 bits per heavy atom. The van der Waals surface area contributed by atoms with Crippen molar-refractivity contribution in [3.63, 3.8) is 0 Å². The molecule has 0 unspecified atom stereocenters. The van der Waals surface area contributed by atoms with E-state index in [0.29, 0.717) is 19.8 Å². The molecule has 1 fully saturated rings. The van der Waals surface area contributed by atoms with Gasteiger partial charge in [-0.25, -0.2) is 0 Å². The molecule has 0 spiro atoms. The largest absolute Gasteiger partial charge is 0.376 e. The SMILES string of the molecule is C[C@H](NC(=O)[C@H]1COCCO1)c1cccs1. The van der Waals surface area contributed by atoms with Gasteiger partial charge in [0.15, 0.2) is 6.10 Å². The lowest BCUT2D eigenvalue weighted by molar-refractivity contribution is -0.148. The summed E-state index contributed by atoms with van der Waals surface area (Å²) in [5.74, 6) is -0.0967. The van der Waals surface area contributed by atoms with Crippen molar-refractivity contribution in [2.75, 3.05) is 19.8 Å². The standard InChI is InChI=1S/C11H15NO3S/c1-8(10-3-2-6-16-10)12-11(13)9-7-14-4-5-15-9/h2-3,6,8-9H,4-5,7H2,1H3,(H,12,13)/t8-,9+/m0/s1. The molecular formula is C11H15NO3S. The van der Waals surface area contributed by atoms with E-state index in [-0.39, 0.29) is 11.9 Å². The van der Waals surface area contributed by atoms with Gasteiger partial charge >= 0.3 is 0 Å². The van der Waals surface area contributed by atoms with Crippen LogP contribution in [0.15, 0.2) is 17.5 Å². The molecule has 5 heteroatoms. The van der Waals surface area contributed by atoms with Crippen LogP contribution in [0.25, 0.3) is 0 Å². The predicted molar refractivity (Wildman–Crippen MR) is 61.4 cm³/mol. The van der Waals surface area contributed by atoms with E-state index in [1.165, 1.54) is 0 Å². The molecule has 1 aromatic rings. The third kappa shape index (κ3) is 2.81. The van der Waals surface area contributed by atoms with Crippen LogP contribution in [-0.2, 0) is 14.3 Å². The molecule has 1 aliphatic rings. The maximum Gasteiger partial charge on any atom is 0.252 e. The Morgan fingerprint density at radius 1 is 1.62 bits per heavy atom. The number of ether oxygens (including phenoxy) is 2. The lowest BCUT2D eigenvalue weighted by Gasteiger charge is -2.23. The molecule has 0 bridgehead atoms. The molecule has 88 valence electrons. The fraction of sp³-hybridized carbons (Fsp3) is 0.545. The summed E-state index contributed by atoms with van der Waals surface area (Å²) in [4.78, 5) is 12.9. The highest BCUT2D eigenvalue weighted by molar-refractivity contribution is 7.10. The second-order valence-electron chi connectivity index (χ2n) is 3.68. The molecule has 0 aromatic carbocycles. The third-order valence-corrected chi connectivity index (χ3v) is 3.49. The summed E-state index contributed by atoms with van der Waals surface area (Å²) in [5, 5.41) is 4.92. The minimum atomic E-state index is -0.462. The van der Waals surface area contributed by atoms with Gasteiger partial charge in [0, 0.05) is 4.88 Å². The Kier molecular flexibility index (Phi) is 3.93. The highest BCUT2D eigenvalue weighted by Gasteiger charge is 2.24. The van der Waals surface area contributed by atoms with Crippen LogP contribution in [0, 0.1) is 0 Å². The molecule has 1 N–H and O–H groups in total. The molecule has 4 nitrogen and oxygen atoms in total. The van der Waals surface area contributed by atoms with E-state index >= 15 is 0 Å². The zero-order valence-electron chi connectivity index (χ0n) is 9.14. The number of hydrogen-bond donors (Lipinski definition) is 1. The van der Waals surface area contributed by atoms with Gasteiger partial charge in [-0.1, -0.05) is 6.07 Å². The molecule has 2 rings (SSSR count). The first kappa shape index (κ1) is 11.6. The Balaban J connectivity index is 1.86. The monoisotopic (exact) mass is 241 g/mol. The summed E-state index contributed by atoms with van der Waals surface area (Å²) in [7, 11) is 0. The van der Waals surface area contributed by atoms with Crippen molar-refractivity contribution in [1.29, 1.82) is 0 Å². The van der Waals surface area contributed by atoms with E-state index in [9.17, 15) is 4.79 Å². The molecule has 0 saturated carbocycles. The minimum Gasteiger partial charge on any atom is -0.376 e. The van der Waals surface area contributed by atoms with E-state index in [0.717, 1.165) is 4.88 Å². The molecule has 1 saturated heterocycles. The number of thiophene rings is 1. The molecule has 0 radical (unpaired) electrons. The quantitative estimate of drug-likeness (QED) is 0.868. The van der Waals surface area contributed by atoms with Crippen LogP contribution in [0.5, 0.6) is 0 Å². The zero-order chi connectivity index (χ0) is 11.4.